The maximum atomic E-state index is 13.1. The number of anilines is 1. The average molecular weight is 473 g/mol. The fraction of sp³-hybridized carbons (Fsp3) is 0.350. The number of halogens is 2. The van der Waals surface area contributed by atoms with Crippen LogP contribution >= 0.6 is 35.0 Å². The first-order chi connectivity index (χ1) is 13.8. The maximum Gasteiger partial charge on any atom is 0.262 e. The van der Waals surface area contributed by atoms with E-state index in [1.807, 2.05) is 11.2 Å². The second kappa shape index (κ2) is 9.60. The fourth-order valence-electron chi connectivity index (χ4n) is 3.25. The molecule has 1 fully saturated rings. The van der Waals surface area contributed by atoms with E-state index in [0.29, 0.717) is 18.7 Å². The van der Waals surface area contributed by atoms with Crippen molar-refractivity contribution in [2.75, 3.05) is 24.1 Å². The standard InChI is InChI=1S/C20H22Cl2N2O3S2/c1-28-18-10-9-14(13-15(18)20(25)24-11-4-2-3-5-12-24)29(26,27)23-19-16(21)7-6-8-17(19)22/h6-10,13,23H,2-5,11-12H2,1H3. The van der Waals surface area contributed by atoms with E-state index in [1.165, 1.54) is 23.9 Å². The number of nitrogens with one attached hydrogen (secondary N) is 1. The Kier molecular flexibility index (Phi) is 7.37. The third-order valence-electron chi connectivity index (χ3n) is 4.80. The summed E-state index contributed by atoms with van der Waals surface area (Å²) in [6, 6.07) is 9.32. The number of benzene rings is 2. The summed E-state index contributed by atoms with van der Waals surface area (Å²) in [5.74, 6) is -0.135. The first-order valence-corrected chi connectivity index (χ1v) is 12.7. The predicted octanol–water partition coefficient (Wildman–Crippen LogP) is 5.53. The minimum atomic E-state index is -3.98. The minimum Gasteiger partial charge on any atom is -0.339 e. The Morgan fingerprint density at radius 2 is 1.66 bits per heavy atom. The number of carbonyl (C=O) groups excluding carboxylic acids is 1. The molecule has 0 unspecified atom stereocenters. The number of amides is 1. The smallest absolute Gasteiger partial charge is 0.262 e. The molecular formula is C20H22Cl2N2O3S2. The molecule has 0 aromatic heterocycles. The second-order valence-corrected chi connectivity index (χ2v) is 10.1. The molecule has 1 amide bonds. The van der Waals surface area contributed by atoms with Gasteiger partial charge in [-0.2, -0.15) is 0 Å². The molecule has 0 saturated carbocycles. The van der Waals surface area contributed by atoms with E-state index in [-0.39, 0.29) is 26.5 Å². The summed E-state index contributed by atoms with van der Waals surface area (Å²) in [6.07, 6.45) is 6.01. The lowest BCUT2D eigenvalue weighted by atomic mass is 10.2. The van der Waals surface area contributed by atoms with Gasteiger partial charge in [-0.15, -0.1) is 11.8 Å². The Labute approximate surface area is 185 Å². The molecular weight excluding hydrogens is 451 g/mol. The van der Waals surface area contributed by atoms with Gasteiger partial charge in [0.15, 0.2) is 0 Å². The summed E-state index contributed by atoms with van der Waals surface area (Å²) in [5.41, 5.74) is 0.512. The zero-order valence-corrected chi connectivity index (χ0v) is 19.1. The maximum absolute atomic E-state index is 13.1. The molecule has 2 aromatic rings. The summed E-state index contributed by atoms with van der Waals surface area (Å²) in [5, 5.41) is 0.394. The van der Waals surface area contributed by atoms with Gasteiger partial charge in [0.2, 0.25) is 0 Å². The van der Waals surface area contributed by atoms with Crippen LogP contribution in [0, 0.1) is 0 Å². The van der Waals surface area contributed by atoms with Crippen LogP contribution in [0.4, 0.5) is 5.69 Å². The fourth-order valence-corrected chi connectivity index (χ4v) is 5.56. The summed E-state index contributed by atoms with van der Waals surface area (Å²) in [4.78, 5) is 15.7. The van der Waals surface area contributed by atoms with Crippen molar-refractivity contribution >= 4 is 56.6 Å². The number of hydrogen-bond donors (Lipinski definition) is 1. The van der Waals surface area contributed by atoms with E-state index in [4.69, 9.17) is 23.2 Å². The zero-order chi connectivity index (χ0) is 21.0. The number of likely N-dealkylation sites (tertiary alicyclic amines) is 1. The number of nitrogens with zero attached hydrogens (tertiary/aromatic N) is 1. The Morgan fingerprint density at radius 3 is 2.24 bits per heavy atom. The lowest BCUT2D eigenvalue weighted by Crippen LogP contribution is -2.32. The number of carbonyl (C=O) groups is 1. The molecule has 0 radical (unpaired) electrons. The van der Waals surface area contributed by atoms with Gasteiger partial charge in [-0.3, -0.25) is 9.52 Å². The molecule has 1 aliphatic rings. The highest BCUT2D eigenvalue weighted by Crippen LogP contribution is 2.33. The van der Waals surface area contributed by atoms with Crippen molar-refractivity contribution in [2.45, 2.75) is 35.5 Å². The number of rotatable bonds is 5. The molecule has 2 aromatic carbocycles. The van der Waals surface area contributed by atoms with E-state index >= 15 is 0 Å². The largest absolute Gasteiger partial charge is 0.339 e. The first kappa shape index (κ1) is 22.3. The van der Waals surface area contributed by atoms with Crippen molar-refractivity contribution in [1.82, 2.24) is 4.90 Å². The van der Waals surface area contributed by atoms with E-state index in [9.17, 15) is 13.2 Å². The van der Waals surface area contributed by atoms with Crippen molar-refractivity contribution in [2.24, 2.45) is 0 Å². The molecule has 29 heavy (non-hydrogen) atoms. The van der Waals surface area contributed by atoms with Crippen LogP contribution in [0.5, 0.6) is 0 Å². The summed E-state index contributed by atoms with van der Waals surface area (Å²) in [6.45, 7) is 1.38. The molecule has 1 saturated heterocycles. The monoisotopic (exact) mass is 472 g/mol. The van der Waals surface area contributed by atoms with Gasteiger partial charge < -0.3 is 4.90 Å². The third-order valence-corrected chi connectivity index (χ3v) is 7.58. The summed E-state index contributed by atoms with van der Waals surface area (Å²) >= 11 is 13.6. The Balaban J connectivity index is 1.96. The molecule has 9 heteroatoms. The van der Waals surface area contributed by atoms with Crippen LogP contribution in [0.25, 0.3) is 0 Å². The van der Waals surface area contributed by atoms with Crippen molar-refractivity contribution < 1.29 is 13.2 Å². The third kappa shape index (κ3) is 5.20. The average Bonchev–Trinajstić information content (AvgIpc) is 2.99. The molecule has 1 heterocycles. The van der Waals surface area contributed by atoms with Gasteiger partial charge in [0.1, 0.15) is 0 Å². The lowest BCUT2D eigenvalue weighted by molar-refractivity contribution is 0.0758. The molecule has 0 aliphatic carbocycles. The van der Waals surface area contributed by atoms with Crippen molar-refractivity contribution in [3.63, 3.8) is 0 Å². The van der Waals surface area contributed by atoms with Crippen LogP contribution in [-0.4, -0.2) is 38.6 Å². The highest BCUT2D eigenvalue weighted by Gasteiger charge is 2.24. The zero-order valence-electron chi connectivity index (χ0n) is 16.0. The van der Waals surface area contributed by atoms with Gasteiger partial charge in [-0.1, -0.05) is 42.1 Å². The topological polar surface area (TPSA) is 66.5 Å². The normalized spacial score (nSPS) is 15.1. The molecule has 0 atom stereocenters. The highest BCUT2D eigenvalue weighted by molar-refractivity contribution is 7.98. The first-order valence-electron chi connectivity index (χ1n) is 9.27. The molecule has 5 nitrogen and oxygen atoms in total. The second-order valence-electron chi connectivity index (χ2n) is 6.77. The van der Waals surface area contributed by atoms with Crippen LogP contribution in [0.2, 0.25) is 10.0 Å². The van der Waals surface area contributed by atoms with Crippen molar-refractivity contribution in [1.29, 1.82) is 0 Å². The van der Waals surface area contributed by atoms with Crippen molar-refractivity contribution in [3.8, 4) is 0 Å². The molecule has 0 bridgehead atoms. The summed E-state index contributed by atoms with van der Waals surface area (Å²) < 4.78 is 28.3. The quantitative estimate of drug-likeness (QED) is 0.580. The van der Waals surface area contributed by atoms with Crippen LogP contribution in [0.15, 0.2) is 46.2 Å². The molecule has 156 valence electrons. The molecule has 0 spiro atoms. The van der Waals surface area contributed by atoms with Gasteiger partial charge in [0.05, 0.1) is 26.2 Å². The Hall–Kier alpha value is -1.41. The number of sulfonamides is 1. The van der Waals surface area contributed by atoms with Gasteiger partial charge in [0.25, 0.3) is 15.9 Å². The lowest BCUT2D eigenvalue weighted by Gasteiger charge is -2.22. The van der Waals surface area contributed by atoms with E-state index < -0.39 is 10.0 Å². The van der Waals surface area contributed by atoms with Crippen LogP contribution in [0.1, 0.15) is 36.0 Å². The van der Waals surface area contributed by atoms with Gasteiger partial charge in [0, 0.05) is 18.0 Å². The number of para-hydroxylation sites is 1. The molecule has 3 rings (SSSR count). The SMILES string of the molecule is CSc1ccc(S(=O)(=O)Nc2c(Cl)cccc2Cl)cc1C(=O)N1CCCCCC1. The Bertz CT molecular complexity index is 985. The van der Waals surface area contributed by atoms with Crippen LogP contribution in [-0.2, 0) is 10.0 Å². The number of hydrogen-bond acceptors (Lipinski definition) is 4. The van der Waals surface area contributed by atoms with Gasteiger partial charge in [-0.25, -0.2) is 8.42 Å². The number of thioether (sulfide) groups is 1. The van der Waals surface area contributed by atoms with Gasteiger partial charge >= 0.3 is 0 Å². The highest BCUT2D eigenvalue weighted by atomic mass is 35.5. The van der Waals surface area contributed by atoms with E-state index in [2.05, 4.69) is 4.72 Å². The van der Waals surface area contributed by atoms with Crippen LogP contribution < -0.4 is 4.72 Å². The van der Waals surface area contributed by atoms with E-state index in [0.717, 1.165) is 30.6 Å². The predicted molar refractivity (Wildman–Crippen MR) is 120 cm³/mol. The van der Waals surface area contributed by atoms with Crippen LogP contribution in [0.3, 0.4) is 0 Å². The molecule has 1 N–H and O–H groups in total. The van der Waals surface area contributed by atoms with E-state index in [1.54, 1.807) is 24.3 Å². The summed E-state index contributed by atoms with van der Waals surface area (Å²) in [7, 11) is -3.98. The van der Waals surface area contributed by atoms with Gasteiger partial charge in [-0.05, 0) is 49.4 Å². The minimum absolute atomic E-state index is 0.00976. The van der Waals surface area contributed by atoms with Crippen molar-refractivity contribution in [3.05, 3.63) is 52.0 Å². The Morgan fingerprint density at radius 1 is 1.03 bits per heavy atom. The molecule has 1 aliphatic heterocycles.